The van der Waals surface area contributed by atoms with E-state index in [9.17, 15) is 0 Å². The van der Waals surface area contributed by atoms with Crippen molar-refractivity contribution in [3.63, 3.8) is 0 Å². The van der Waals surface area contributed by atoms with Crippen molar-refractivity contribution in [2.45, 2.75) is 33.4 Å². The monoisotopic (exact) mass is 267 g/mol. The first-order valence-corrected chi connectivity index (χ1v) is 7.31. The molecule has 0 aliphatic carbocycles. The SMILES string of the molecule is CCNCc1ccc(CN(CC)CCCN(C)C)o1. The summed E-state index contributed by atoms with van der Waals surface area (Å²) in [4.78, 5) is 4.66. The van der Waals surface area contributed by atoms with Crippen LogP contribution in [0, 0.1) is 0 Å². The van der Waals surface area contributed by atoms with E-state index in [1.807, 2.05) is 0 Å². The zero-order valence-corrected chi connectivity index (χ0v) is 12.9. The van der Waals surface area contributed by atoms with Gasteiger partial charge in [0.2, 0.25) is 0 Å². The molecule has 1 N–H and O–H groups in total. The van der Waals surface area contributed by atoms with Crippen LogP contribution in [0.2, 0.25) is 0 Å². The lowest BCUT2D eigenvalue weighted by Gasteiger charge is -2.20. The molecule has 0 aliphatic heterocycles. The molecule has 0 spiro atoms. The van der Waals surface area contributed by atoms with Crippen LogP contribution in [-0.2, 0) is 13.1 Å². The summed E-state index contributed by atoms with van der Waals surface area (Å²) in [5.41, 5.74) is 0. The van der Waals surface area contributed by atoms with Gasteiger partial charge in [0.05, 0.1) is 13.1 Å². The summed E-state index contributed by atoms with van der Waals surface area (Å²) in [6.45, 7) is 10.3. The van der Waals surface area contributed by atoms with Gasteiger partial charge in [-0.05, 0) is 58.8 Å². The van der Waals surface area contributed by atoms with Crippen molar-refractivity contribution in [3.05, 3.63) is 23.7 Å². The minimum Gasteiger partial charge on any atom is -0.463 e. The van der Waals surface area contributed by atoms with Gasteiger partial charge in [0.1, 0.15) is 11.5 Å². The lowest BCUT2D eigenvalue weighted by molar-refractivity contribution is 0.238. The minimum atomic E-state index is 0.823. The van der Waals surface area contributed by atoms with Crippen molar-refractivity contribution in [1.29, 1.82) is 0 Å². The number of rotatable bonds is 10. The molecular weight excluding hydrogens is 238 g/mol. The lowest BCUT2D eigenvalue weighted by Crippen LogP contribution is -2.26. The summed E-state index contributed by atoms with van der Waals surface area (Å²) >= 11 is 0. The first kappa shape index (κ1) is 16.2. The van der Waals surface area contributed by atoms with E-state index in [4.69, 9.17) is 4.42 Å². The second-order valence-corrected chi connectivity index (χ2v) is 5.17. The molecule has 0 unspecified atom stereocenters. The van der Waals surface area contributed by atoms with Crippen LogP contribution >= 0.6 is 0 Å². The van der Waals surface area contributed by atoms with Gasteiger partial charge in [-0.15, -0.1) is 0 Å². The van der Waals surface area contributed by atoms with Crippen LogP contribution in [0.4, 0.5) is 0 Å². The number of nitrogens with zero attached hydrogens (tertiary/aromatic N) is 2. The van der Waals surface area contributed by atoms with Crippen LogP contribution in [0.1, 0.15) is 31.8 Å². The van der Waals surface area contributed by atoms with Crippen molar-refractivity contribution in [3.8, 4) is 0 Å². The van der Waals surface area contributed by atoms with Crippen molar-refractivity contribution in [2.24, 2.45) is 0 Å². The van der Waals surface area contributed by atoms with Crippen LogP contribution in [0.15, 0.2) is 16.5 Å². The summed E-state index contributed by atoms with van der Waals surface area (Å²) in [5.74, 6) is 2.10. The van der Waals surface area contributed by atoms with Gasteiger partial charge in [-0.25, -0.2) is 0 Å². The molecule has 4 heteroatoms. The van der Waals surface area contributed by atoms with Gasteiger partial charge in [-0.2, -0.15) is 0 Å². The molecule has 0 saturated heterocycles. The average Bonchev–Trinajstić information content (AvgIpc) is 2.82. The second-order valence-electron chi connectivity index (χ2n) is 5.17. The van der Waals surface area contributed by atoms with Crippen molar-refractivity contribution in [1.82, 2.24) is 15.1 Å². The topological polar surface area (TPSA) is 31.6 Å². The highest BCUT2D eigenvalue weighted by molar-refractivity contribution is 5.07. The van der Waals surface area contributed by atoms with Gasteiger partial charge >= 0.3 is 0 Å². The number of nitrogens with one attached hydrogen (secondary N) is 1. The van der Waals surface area contributed by atoms with Crippen LogP contribution in [-0.4, -0.2) is 50.1 Å². The molecule has 1 aromatic heterocycles. The third kappa shape index (κ3) is 6.76. The van der Waals surface area contributed by atoms with Crippen LogP contribution < -0.4 is 5.32 Å². The fraction of sp³-hybridized carbons (Fsp3) is 0.733. The predicted molar refractivity (Wildman–Crippen MR) is 80.2 cm³/mol. The van der Waals surface area contributed by atoms with E-state index in [1.54, 1.807) is 0 Å². The van der Waals surface area contributed by atoms with Crippen LogP contribution in [0.3, 0.4) is 0 Å². The summed E-state index contributed by atoms with van der Waals surface area (Å²) in [6, 6.07) is 4.17. The van der Waals surface area contributed by atoms with E-state index in [0.717, 1.165) is 50.8 Å². The molecule has 0 bridgehead atoms. The molecule has 4 nitrogen and oxygen atoms in total. The van der Waals surface area contributed by atoms with E-state index in [0.29, 0.717) is 0 Å². The standard InChI is InChI=1S/C15H29N3O/c1-5-16-12-14-8-9-15(19-14)13-18(6-2)11-7-10-17(3)4/h8-9,16H,5-7,10-13H2,1-4H3. The van der Waals surface area contributed by atoms with Gasteiger partial charge in [0.15, 0.2) is 0 Å². The van der Waals surface area contributed by atoms with Crippen molar-refractivity contribution in [2.75, 3.05) is 40.3 Å². The Hall–Kier alpha value is -0.840. The zero-order valence-electron chi connectivity index (χ0n) is 12.9. The van der Waals surface area contributed by atoms with Gasteiger partial charge < -0.3 is 14.6 Å². The van der Waals surface area contributed by atoms with Gasteiger partial charge in [0.25, 0.3) is 0 Å². The highest BCUT2D eigenvalue weighted by Gasteiger charge is 2.07. The Morgan fingerprint density at radius 2 is 1.84 bits per heavy atom. The predicted octanol–water partition coefficient (Wildman–Crippen LogP) is 2.16. The summed E-state index contributed by atoms with van der Waals surface area (Å²) in [7, 11) is 4.24. The number of furan rings is 1. The van der Waals surface area contributed by atoms with Crippen molar-refractivity contribution >= 4 is 0 Å². The maximum atomic E-state index is 5.83. The fourth-order valence-corrected chi connectivity index (χ4v) is 2.03. The number of hydrogen-bond acceptors (Lipinski definition) is 4. The lowest BCUT2D eigenvalue weighted by atomic mass is 10.3. The summed E-state index contributed by atoms with van der Waals surface area (Å²) in [5, 5.41) is 3.28. The Morgan fingerprint density at radius 1 is 1.11 bits per heavy atom. The van der Waals surface area contributed by atoms with E-state index < -0.39 is 0 Å². The zero-order chi connectivity index (χ0) is 14.1. The van der Waals surface area contributed by atoms with Crippen molar-refractivity contribution < 1.29 is 4.42 Å². The third-order valence-electron chi connectivity index (χ3n) is 3.17. The Kier molecular flexibility index (Phi) is 7.79. The Balaban J connectivity index is 2.35. The highest BCUT2D eigenvalue weighted by atomic mass is 16.3. The average molecular weight is 267 g/mol. The first-order chi connectivity index (χ1) is 9.15. The quantitative estimate of drug-likeness (QED) is 0.704. The molecule has 0 amide bonds. The highest BCUT2D eigenvalue weighted by Crippen LogP contribution is 2.11. The van der Waals surface area contributed by atoms with Gasteiger partial charge in [0, 0.05) is 0 Å². The molecule has 0 aliphatic rings. The van der Waals surface area contributed by atoms with E-state index in [-0.39, 0.29) is 0 Å². The van der Waals surface area contributed by atoms with E-state index in [1.165, 1.54) is 6.42 Å². The van der Waals surface area contributed by atoms with E-state index >= 15 is 0 Å². The van der Waals surface area contributed by atoms with Crippen LogP contribution in [0.25, 0.3) is 0 Å². The molecule has 110 valence electrons. The maximum absolute atomic E-state index is 5.83. The molecule has 1 aromatic rings. The Labute approximate surface area is 117 Å². The first-order valence-electron chi connectivity index (χ1n) is 7.31. The molecule has 0 aromatic carbocycles. The molecule has 19 heavy (non-hydrogen) atoms. The third-order valence-corrected chi connectivity index (χ3v) is 3.17. The maximum Gasteiger partial charge on any atom is 0.118 e. The summed E-state index contributed by atoms with van der Waals surface area (Å²) < 4.78 is 5.83. The number of hydrogen-bond donors (Lipinski definition) is 1. The van der Waals surface area contributed by atoms with Gasteiger partial charge in [-0.1, -0.05) is 13.8 Å². The molecular formula is C15H29N3O. The fourth-order valence-electron chi connectivity index (χ4n) is 2.03. The molecule has 0 fully saturated rings. The second kappa shape index (κ2) is 9.13. The Bertz CT molecular complexity index is 336. The smallest absolute Gasteiger partial charge is 0.118 e. The minimum absolute atomic E-state index is 0.823. The summed E-state index contributed by atoms with van der Waals surface area (Å²) in [6.07, 6.45) is 1.20. The van der Waals surface area contributed by atoms with Gasteiger partial charge in [-0.3, -0.25) is 4.90 Å². The van der Waals surface area contributed by atoms with Crippen LogP contribution in [0.5, 0.6) is 0 Å². The van der Waals surface area contributed by atoms with E-state index in [2.05, 4.69) is 55.2 Å². The normalized spacial score (nSPS) is 11.7. The Morgan fingerprint density at radius 3 is 2.47 bits per heavy atom. The molecule has 0 atom stereocenters. The molecule has 1 heterocycles. The molecule has 0 saturated carbocycles. The molecule has 1 rings (SSSR count). The largest absolute Gasteiger partial charge is 0.463 e. The molecule has 0 radical (unpaired) electrons.